The molecule has 0 unspecified atom stereocenters. The van der Waals surface area contributed by atoms with Gasteiger partial charge in [0.15, 0.2) is 5.84 Å². The van der Waals surface area contributed by atoms with Gasteiger partial charge in [-0.05, 0) is 60.7 Å². The van der Waals surface area contributed by atoms with Crippen molar-refractivity contribution in [3.63, 3.8) is 0 Å². The number of rotatable bonds is 7. The van der Waals surface area contributed by atoms with Crippen molar-refractivity contribution in [2.45, 2.75) is 23.6 Å². The first-order valence-electron chi connectivity index (χ1n) is 11.9. The summed E-state index contributed by atoms with van der Waals surface area (Å²) in [6.45, 7) is 2.37. The molecule has 2 aromatic carbocycles. The van der Waals surface area contributed by atoms with Gasteiger partial charge in [0.2, 0.25) is 11.8 Å². The van der Waals surface area contributed by atoms with E-state index in [1.54, 1.807) is 0 Å². The van der Waals surface area contributed by atoms with Gasteiger partial charge >= 0.3 is 103 Å². The Balaban J connectivity index is 0.00000353. The van der Waals surface area contributed by atoms with Crippen molar-refractivity contribution in [3.05, 3.63) is 82.2 Å². The first-order valence-corrected chi connectivity index (χ1v) is 14.7. The van der Waals surface area contributed by atoms with E-state index in [2.05, 4.69) is 20.8 Å². The topological polar surface area (TPSA) is 243 Å². The second kappa shape index (κ2) is 15.8. The normalized spacial score (nSPS) is 14.1. The van der Waals surface area contributed by atoms with Gasteiger partial charge in [0.1, 0.15) is 26.1 Å². The van der Waals surface area contributed by atoms with E-state index >= 15 is 0 Å². The molecule has 1 aromatic heterocycles. The number of benzene rings is 2. The van der Waals surface area contributed by atoms with Crippen LogP contribution in [0.1, 0.15) is 19.4 Å². The Labute approximate surface area is 341 Å². The third kappa shape index (κ3) is 9.57. The zero-order chi connectivity index (χ0) is 31.7. The molecule has 0 saturated carbocycles. The van der Waals surface area contributed by atoms with E-state index in [1.807, 2.05) is 0 Å². The van der Waals surface area contributed by atoms with Crippen molar-refractivity contribution in [2.24, 2.45) is 5.10 Å². The first kappa shape index (κ1) is 39.3. The minimum absolute atomic E-state index is 0. The van der Waals surface area contributed by atoms with Crippen LogP contribution in [0.5, 0.6) is 0 Å². The fourth-order valence-corrected chi connectivity index (χ4v) is 4.75. The number of anilines is 2. The van der Waals surface area contributed by atoms with E-state index in [1.165, 1.54) is 56.3 Å². The molecule has 20 heteroatoms. The number of H-pyrrole nitrogens is 1. The van der Waals surface area contributed by atoms with Crippen LogP contribution in [-0.2, 0) is 34.6 Å². The molecule has 0 saturated heterocycles. The minimum Gasteiger partial charge on any atom is -0.744 e. The summed E-state index contributed by atoms with van der Waals surface area (Å²) in [5, 5.41) is 12.5. The van der Waals surface area contributed by atoms with E-state index in [0.29, 0.717) is 0 Å². The summed E-state index contributed by atoms with van der Waals surface area (Å²) in [5.74, 6) is -2.05. The van der Waals surface area contributed by atoms with Gasteiger partial charge in [-0.1, -0.05) is 6.08 Å². The number of nitrogens with one attached hydrogen (secondary N) is 3. The van der Waals surface area contributed by atoms with Crippen molar-refractivity contribution in [1.82, 2.24) is 15.1 Å². The van der Waals surface area contributed by atoms with Crippen molar-refractivity contribution in [3.8, 4) is 5.69 Å². The Morgan fingerprint density at radius 1 is 0.822 bits per heavy atom. The standard InChI is InChI=1S/C25H22N6O10S2.2K/c1-14(32)26-22-20(24(34)30(28-22)16-6-10-18(11-7-16)42(36,37)38)4-3-5-21-23(27-15(2)33)29-31(25(21)35)17-8-12-19(13-9-17)43(39,40)41;;/h3-13,28H,1-2H3,(H,26,32)(H,27,29,33)(H,36,37,38)(H,39,40,41);;/q;2*+1/p-2/b4-3?,21-5-;;. The second-order valence-electron chi connectivity index (χ2n) is 8.80. The first-order chi connectivity index (χ1) is 20.1. The molecule has 0 fully saturated rings. The van der Waals surface area contributed by atoms with Gasteiger partial charge in [0, 0.05) is 13.8 Å². The number of carbonyl (C=O) groups excluding carboxylic acids is 3. The van der Waals surface area contributed by atoms with E-state index in [9.17, 15) is 45.1 Å². The molecule has 3 amide bonds. The van der Waals surface area contributed by atoms with Crippen LogP contribution < -0.4 is 124 Å². The Kier molecular flexibility index (Phi) is 13.8. The van der Waals surface area contributed by atoms with Crippen molar-refractivity contribution < 1.29 is 143 Å². The molecule has 3 N–H and O–H groups in total. The number of amidine groups is 1. The van der Waals surface area contributed by atoms with Gasteiger partial charge in [-0.3, -0.25) is 24.3 Å². The zero-order valence-corrected chi connectivity index (χ0v) is 32.0. The Hall–Kier alpha value is -1.90. The van der Waals surface area contributed by atoms with E-state index in [0.717, 1.165) is 34.0 Å². The summed E-state index contributed by atoms with van der Waals surface area (Å²) in [6.07, 6.45) is 3.75. The predicted octanol–water partition coefficient (Wildman–Crippen LogP) is -5.62. The summed E-state index contributed by atoms with van der Waals surface area (Å²) in [5.41, 5.74) is -0.676. The summed E-state index contributed by atoms with van der Waals surface area (Å²) < 4.78 is 68.3. The molecular weight excluding hydrogens is 687 g/mol. The molecule has 16 nitrogen and oxygen atoms in total. The number of amides is 3. The summed E-state index contributed by atoms with van der Waals surface area (Å²) in [7, 11) is -9.45. The molecule has 0 radical (unpaired) electrons. The number of hydrogen-bond donors (Lipinski definition) is 3. The van der Waals surface area contributed by atoms with Gasteiger partial charge in [-0.15, -0.1) is 5.10 Å². The second-order valence-corrected chi connectivity index (χ2v) is 11.6. The number of aromatic nitrogens is 2. The third-order valence-corrected chi connectivity index (χ3v) is 7.38. The number of carbonyl (C=O) groups is 3. The maximum absolute atomic E-state index is 13.2. The van der Waals surface area contributed by atoms with Gasteiger partial charge in [-0.2, -0.15) is 5.01 Å². The predicted molar refractivity (Wildman–Crippen MR) is 149 cm³/mol. The largest absolute Gasteiger partial charge is 1.00 e. The van der Waals surface area contributed by atoms with Crippen LogP contribution in [0.25, 0.3) is 11.8 Å². The summed E-state index contributed by atoms with van der Waals surface area (Å²) in [4.78, 5) is 48.8. The molecule has 2 heterocycles. The van der Waals surface area contributed by atoms with Crippen LogP contribution in [0.4, 0.5) is 11.5 Å². The number of aromatic amines is 1. The molecular formula is C25H20K2N6O10S2. The van der Waals surface area contributed by atoms with Crippen LogP contribution in [0, 0.1) is 0 Å². The average Bonchev–Trinajstić information content (AvgIpc) is 3.38. The van der Waals surface area contributed by atoms with Gasteiger partial charge in [0.25, 0.3) is 11.5 Å². The molecule has 3 aromatic rings. The molecule has 1 aliphatic heterocycles. The summed E-state index contributed by atoms with van der Waals surface area (Å²) >= 11 is 0. The number of allylic oxidation sites excluding steroid dienone is 2. The Bertz CT molecular complexity index is 2020. The molecule has 0 spiro atoms. The zero-order valence-electron chi connectivity index (χ0n) is 24.1. The number of hydrogen-bond acceptors (Lipinski definition) is 11. The average molecular weight is 707 g/mol. The van der Waals surface area contributed by atoms with E-state index < -0.39 is 53.3 Å². The van der Waals surface area contributed by atoms with Gasteiger partial charge in [0.05, 0.1) is 32.3 Å². The maximum atomic E-state index is 13.2. The fourth-order valence-electron chi connectivity index (χ4n) is 3.81. The van der Waals surface area contributed by atoms with E-state index in [4.69, 9.17) is 0 Å². The van der Waals surface area contributed by atoms with Crippen LogP contribution in [0.15, 0.2) is 85.9 Å². The smallest absolute Gasteiger partial charge is 0.744 e. The summed E-state index contributed by atoms with van der Waals surface area (Å²) in [6, 6.07) is 8.77. The molecule has 1 aliphatic rings. The minimum atomic E-state index is -4.73. The maximum Gasteiger partial charge on any atom is 1.00 e. The van der Waals surface area contributed by atoms with Gasteiger partial charge < -0.3 is 19.7 Å². The van der Waals surface area contributed by atoms with Crippen molar-refractivity contribution >= 4 is 61.4 Å². The Morgan fingerprint density at radius 3 is 1.78 bits per heavy atom. The van der Waals surface area contributed by atoms with Crippen molar-refractivity contribution in [1.29, 1.82) is 0 Å². The Morgan fingerprint density at radius 2 is 1.31 bits per heavy atom. The van der Waals surface area contributed by atoms with Crippen LogP contribution in [0.3, 0.4) is 0 Å². The molecule has 224 valence electrons. The monoisotopic (exact) mass is 706 g/mol. The molecule has 4 rings (SSSR count). The van der Waals surface area contributed by atoms with Crippen LogP contribution in [0.2, 0.25) is 0 Å². The number of nitrogens with zero attached hydrogens (tertiary/aromatic N) is 3. The third-order valence-electron chi connectivity index (χ3n) is 5.68. The van der Waals surface area contributed by atoms with Crippen LogP contribution in [-0.4, -0.2) is 59.3 Å². The SMILES string of the molecule is CC(=O)NC1=NN(c2ccc(S(=O)(=O)[O-])cc2)C(=O)/C1=C\C=Cc1c(NC(C)=O)[nH]n(-c2ccc(S(=O)(=O)[O-])cc2)c1=O.[K+].[K+]. The molecule has 0 atom stereocenters. The van der Waals surface area contributed by atoms with E-state index in [-0.39, 0.29) is 137 Å². The van der Waals surface area contributed by atoms with Crippen LogP contribution >= 0.6 is 0 Å². The van der Waals surface area contributed by atoms with Crippen molar-refractivity contribution in [2.75, 3.05) is 10.3 Å². The van der Waals surface area contributed by atoms with Gasteiger partial charge in [-0.25, -0.2) is 21.5 Å². The molecule has 0 aliphatic carbocycles. The quantitative estimate of drug-likeness (QED) is 0.119. The molecule has 0 bridgehead atoms. The fraction of sp³-hybridized carbons (Fsp3) is 0.0800. The number of hydrazone groups is 1. The molecule has 45 heavy (non-hydrogen) atoms.